The van der Waals surface area contributed by atoms with E-state index >= 15 is 0 Å². The van der Waals surface area contributed by atoms with Crippen molar-refractivity contribution in [2.75, 3.05) is 25.0 Å². The van der Waals surface area contributed by atoms with Crippen molar-refractivity contribution < 1.29 is 22.7 Å². The molecular weight excluding hydrogens is 549 g/mol. The quantitative estimate of drug-likeness (QED) is 0.378. The maximum absolute atomic E-state index is 13.9. The van der Waals surface area contributed by atoms with Gasteiger partial charge in [-0.3, -0.25) is 13.9 Å². The second-order valence-electron chi connectivity index (χ2n) is 8.58. The zero-order valence-electron chi connectivity index (χ0n) is 21.4. The lowest BCUT2D eigenvalue weighted by Crippen LogP contribution is -2.50. The number of likely N-dealkylation sites (N-methyl/N-ethyl adjacent to an activating group) is 1. The van der Waals surface area contributed by atoms with Crippen LogP contribution >= 0.6 is 23.2 Å². The average Bonchev–Trinajstić information content (AvgIpc) is 2.89. The number of rotatable bonds is 10. The minimum atomic E-state index is -4.25. The molecule has 0 saturated heterocycles. The second-order valence-corrected chi connectivity index (χ2v) is 11.3. The number of nitrogens with one attached hydrogen (secondary N) is 1. The number of hydrogen-bond donors (Lipinski definition) is 1. The maximum Gasteiger partial charge on any atom is 0.264 e. The molecule has 0 spiro atoms. The van der Waals surface area contributed by atoms with Crippen LogP contribution in [0, 0.1) is 6.92 Å². The number of amides is 2. The van der Waals surface area contributed by atoms with Gasteiger partial charge in [0.05, 0.1) is 17.7 Å². The van der Waals surface area contributed by atoms with E-state index in [1.165, 1.54) is 43.3 Å². The average molecular weight is 579 g/mol. The van der Waals surface area contributed by atoms with Crippen LogP contribution in [-0.2, 0) is 26.2 Å². The Morgan fingerprint density at radius 2 is 1.66 bits per heavy atom. The molecule has 11 heteroatoms. The molecule has 0 unspecified atom stereocenters. The monoisotopic (exact) mass is 577 g/mol. The first-order valence-corrected chi connectivity index (χ1v) is 13.9. The predicted molar refractivity (Wildman–Crippen MR) is 149 cm³/mol. The number of halogens is 2. The van der Waals surface area contributed by atoms with Crippen molar-refractivity contribution in [1.82, 2.24) is 10.2 Å². The molecule has 1 atom stereocenters. The zero-order chi connectivity index (χ0) is 28.0. The van der Waals surface area contributed by atoms with Gasteiger partial charge in [-0.25, -0.2) is 8.42 Å². The number of anilines is 1. The summed E-state index contributed by atoms with van der Waals surface area (Å²) in [4.78, 5) is 27.7. The van der Waals surface area contributed by atoms with E-state index in [0.29, 0.717) is 10.6 Å². The molecule has 0 aromatic heterocycles. The highest BCUT2D eigenvalue weighted by molar-refractivity contribution is 7.92. The molecule has 2 amide bonds. The summed E-state index contributed by atoms with van der Waals surface area (Å²) in [5.74, 6) is -0.814. The second kappa shape index (κ2) is 12.5. The van der Waals surface area contributed by atoms with Crippen LogP contribution < -0.4 is 14.4 Å². The Morgan fingerprint density at radius 1 is 1.00 bits per heavy atom. The van der Waals surface area contributed by atoms with Gasteiger partial charge in [-0.1, -0.05) is 53.0 Å². The van der Waals surface area contributed by atoms with E-state index in [2.05, 4.69) is 5.32 Å². The van der Waals surface area contributed by atoms with E-state index in [0.717, 1.165) is 9.87 Å². The van der Waals surface area contributed by atoms with Gasteiger partial charge in [-0.05, 0) is 61.9 Å². The van der Waals surface area contributed by atoms with Gasteiger partial charge >= 0.3 is 0 Å². The minimum Gasteiger partial charge on any atom is -0.495 e. The number of sulfonamides is 1. The number of benzene rings is 3. The first-order valence-electron chi connectivity index (χ1n) is 11.7. The molecule has 3 aromatic rings. The molecule has 0 saturated carbocycles. The summed E-state index contributed by atoms with van der Waals surface area (Å²) >= 11 is 12.4. The molecule has 0 radical (unpaired) electrons. The summed E-state index contributed by atoms with van der Waals surface area (Å²) in [5.41, 5.74) is 1.64. The molecule has 8 nitrogen and oxygen atoms in total. The molecule has 0 aliphatic carbocycles. The molecule has 0 aliphatic heterocycles. The Kier molecular flexibility index (Phi) is 9.65. The number of ether oxygens (including phenoxy) is 1. The van der Waals surface area contributed by atoms with E-state index in [9.17, 15) is 18.0 Å². The largest absolute Gasteiger partial charge is 0.495 e. The standard InChI is InChI=1S/C27H29Cl2N3O5S/c1-18-8-11-23(12-9-18)38(35,36)32(24-15-22(29)10-13-25(24)37-4)17-26(33)31(19(2)27(34)30-3)16-20-6-5-7-21(28)14-20/h5-15,19H,16-17H2,1-4H3,(H,30,34)/t19-/m1/s1. The molecule has 202 valence electrons. The number of carbonyl (C=O) groups is 2. The topological polar surface area (TPSA) is 96.0 Å². The van der Waals surface area contributed by atoms with E-state index in [4.69, 9.17) is 27.9 Å². The number of aryl methyl sites for hydroxylation is 1. The highest BCUT2D eigenvalue weighted by Crippen LogP contribution is 2.35. The highest BCUT2D eigenvalue weighted by atomic mass is 35.5. The highest BCUT2D eigenvalue weighted by Gasteiger charge is 2.33. The summed E-state index contributed by atoms with van der Waals surface area (Å²) in [5, 5.41) is 3.26. The Balaban J connectivity index is 2.11. The lowest BCUT2D eigenvalue weighted by atomic mass is 10.1. The van der Waals surface area contributed by atoms with Gasteiger partial charge in [0.2, 0.25) is 11.8 Å². The first kappa shape index (κ1) is 29.3. The summed E-state index contributed by atoms with van der Waals surface area (Å²) in [6, 6.07) is 16.7. The molecule has 0 bridgehead atoms. The smallest absolute Gasteiger partial charge is 0.264 e. The minimum absolute atomic E-state index is 0.0151. The maximum atomic E-state index is 13.9. The normalized spacial score (nSPS) is 11.9. The lowest BCUT2D eigenvalue weighted by molar-refractivity contribution is -0.139. The van der Waals surface area contributed by atoms with Crippen molar-refractivity contribution in [1.29, 1.82) is 0 Å². The first-order chi connectivity index (χ1) is 18.0. The Hall–Kier alpha value is -3.27. The van der Waals surface area contributed by atoms with Crippen LogP contribution in [0.25, 0.3) is 0 Å². The van der Waals surface area contributed by atoms with Crippen LogP contribution in [0.15, 0.2) is 71.6 Å². The van der Waals surface area contributed by atoms with Crippen molar-refractivity contribution in [3.8, 4) is 5.75 Å². The zero-order valence-corrected chi connectivity index (χ0v) is 23.8. The van der Waals surface area contributed by atoms with Crippen LogP contribution in [0.2, 0.25) is 10.0 Å². The van der Waals surface area contributed by atoms with Gasteiger partial charge in [-0.2, -0.15) is 0 Å². The molecule has 0 fully saturated rings. The van der Waals surface area contributed by atoms with Crippen molar-refractivity contribution in [3.63, 3.8) is 0 Å². The van der Waals surface area contributed by atoms with Gasteiger partial charge in [0.15, 0.2) is 0 Å². The number of methoxy groups -OCH3 is 1. The fourth-order valence-corrected chi connectivity index (χ4v) is 5.63. The van der Waals surface area contributed by atoms with E-state index in [1.54, 1.807) is 49.4 Å². The molecule has 3 aromatic carbocycles. The van der Waals surface area contributed by atoms with Gasteiger partial charge < -0.3 is 15.0 Å². The fraction of sp³-hybridized carbons (Fsp3) is 0.259. The Labute approximate surface area is 233 Å². The van der Waals surface area contributed by atoms with Crippen molar-refractivity contribution in [3.05, 3.63) is 87.9 Å². The van der Waals surface area contributed by atoms with Gasteiger partial charge in [0.25, 0.3) is 10.0 Å². The third kappa shape index (κ3) is 6.78. The summed E-state index contributed by atoms with van der Waals surface area (Å²) in [6.45, 7) is 2.82. The third-order valence-corrected chi connectivity index (χ3v) is 8.20. The van der Waals surface area contributed by atoms with E-state index in [-0.39, 0.29) is 27.9 Å². The molecule has 1 N–H and O–H groups in total. The van der Waals surface area contributed by atoms with Crippen LogP contribution in [-0.4, -0.2) is 51.9 Å². The summed E-state index contributed by atoms with van der Waals surface area (Å²) in [6.07, 6.45) is 0. The van der Waals surface area contributed by atoms with Crippen molar-refractivity contribution >= 4 is 50.7 Å². The van der Waals surface area contributed by atoms with E-state index < -0.39 is 34.4 Å². The molecular formula is C27H29Cl2N3O5S. The van der Waals surface area contributed by atoms with Gasteiger partial charge in [0.1, 0.15) is 18.3 Å². The van der Waals surface area contributed by atoms with Gasteiger partial charge in [0, 0.05) is 23.6 Å². The van der Waals surface area contributed by atoms with Crippen LogP contribution in [0.1, 0.15) is 18.1 Å². The molecule has 38 heavy (non-hydrogen) atoms. The SMILES string of the molecule is CNC(=O)[C@@H](C)N(Cc1cccc(Cl)c1)C(=O)CN(c1cc(Cl)ccc1OC)S(=O)(=O)c1ccc(C)cc1. The predicted octanol–water partition coefficient (Wildman–Crippen LogP) is 4.67. The lowest BCUT2D eigenvalue weighted by Gasteiger charge is -2.32. The van der Waals surface area contributed by atoms with Crippen LogP contribution in [0.5, 0.6) is 5.75 Å². The number of hydrogen-bond acceptors (Lipinski definition) is 5. The van der Waals surface area contributed by atoms with Crippen LogP contribution in [0.3, 0.4) is 0 Å². The summed E-state index contributed by atoms with van der Waals surface area (Å²) < 4.78 is 34.2. The molecule has 0 heterocycles. The molecule has 3 rings (SSSR count). The van der Waals surface area contributed by atoms with Crippen LogP contribution in [0.4, 0.5) is 5.69 Å². The number of carbonyl (C=O) groups excluding carboxylic acids is 2. The Morgan fingerprint density at radius 3 is 2.26 bits per heavy atom. The third-order valence-electron chi connectivity index (χ3n) is 5.95. The van der Waals surface area contributed by atoms with E-state index in [1.807, 2.05) is 6.92 Å². The fourth-order valence-electron chi connectivity index (χ4n) is 3.83. The Bertz CT molecular complexity index is 1410. The van der Waals surface area contributed by atoms with Crippen molar-refractivity contribution in [2.45, 2.75) is 31.3 Å². The van der Waals surface area contributed by atoms with Gasteiger partial charge in [-0.15, -0.1) is 0 Å². The summed E-state index contributed by atoms with van der Waals surface area (Å²) in [7, 11) is -1.40. The molecule has 0 aliphatic rings. The van der Waals surface area contributed by atoms with Crippen molar-refractivity contribution in [2.24, 2.45) is 0 Å². The number of nitrogens with zero attached hydrogens (tertiary/aromatic N) is 2.